The second-order valence-electron chi connectivity index (χ2n) is 3.72. The van der Waals surface area contributed by atoms with Crippen LogP contribution in [0.2, 0.25) is 0 Å². The van der Waals surface area contributed by atoms with Crippen molar-refractivity contribution >= 4 is 34.4 Å². The maximum absolute atomic E-state index is 10.7. The van der Waals surface area contributed by atoms with E-state index in [1.54, 1.807) is 23.5 Å². The smallest absolute Gasteiger partial charge is 0.316 e. The number of carbonyl (C=O) groups is 1. The maximum atomic E-state index is 10.7. The van der Waals surface area contributed by atoms with E-state index in [-0.39, 0.29) is 0 Å². The monoisotopic (exact) mass is 262 g/mol. The molecule has 0 atom stereocenters. The summed E-state index contributed by atoms with van der Waals surface area (Å²) < 4.78 is 0. The van der Waals surface area contributed by atoms with E-state index in [9.17, 15) is 4.79 Å². The Hall–Kier alpha value is -2.21. The molecule has 6 N–H and O–H groups in total. The van der Waals surface area contributed by atoms with Crippen molar-refractivity contribution in [3.05, 3.63) is 40.6 Å². The highest BCUT2D eigenvalue weighted by Gasteiger charge is 2.01. The van der Waals surface area contributed by atoms with Gasteiger partial charge in [-0.1, -0.05) is 0 Å². The molecule has 18 heavy (non-hydrogen) atoms. The molecule has 2 rings (SSSR count). The average Bonchev–Trinajstić information content (AvgIpc) is 2.73. The van der Waals surface area contributed by atoms with Crippen molar-refractivity contribution in [2.24, 2.45) is 5.73 Å². The summed E-state index contributed by atoms with van der Waals surface area (Å²) in [5.74, 6) is 0. The Morgan fingerprint density at radius 1 is 1.17 bits per heavy atom. The predicted molar refractivity (Wildman–Crippen MR) is 75.7 cm³/mol. The number of primary amides is 1. The Morgan fingerprint density at radius 3 is 2.39 bits per heavy atom. The van der Waals surface area contributed by atoms with Crippen molar-refractivity contribution in [3.8, 4) is 0 Å². The van der Waals surface area contributed by atoms with Crippen LogP contribution in [0.15, 0.2) is 35.7 Å². The highest BCUT2D eigenvalue weighted by molar-refractivity contribution is 7.10. The van der Waals surface area contributed by atoms with Crippen molar-refractivity contribution in [2.75, 3.05) is 16.4 Å². The number of anilines is 3. The van der Waals surface area contributed by atoms with E-state index >= 15 is 0 Å². The Labute approximate surface area is 109 Å². The predicted octanol–water partition coefficient (Wildman–Crippen LogP) is 2.43. The lowest BCUT2D eigenvalue weighted by atomic mass is 10.2. The van der Waals surface area contributed by atoms with Gasteiger partial charge >= 0.3 is 6.03 Å². The van der Waals surface area contributed by atoms with Crippen molar-refractivity contribution in [1.82, 2.24) is 0 Å². The van der Waals surface area contributed by atoms with Crippen LogP contribution in [0.4, 0.5) is 21.9 Å². The number of hydrogen-bond acceptors (Lipinski definition) is 4. The second-order valence-corrected chi connectivity index (χ2v) is 4.72. The number of nitrogen functional groups attached to an aromatic ring is 1. The van der Waals surface area contributed by atoms with Crippen molar-refractivity contribution in [1.29, 1.82) is 0 Å². The molecule has 1 aromatic heterocycles. The SMILES string of the molecule is NC(=O)Nc1ccc(NCc2sccc2N)cc1. The normalized spacial score (nSPS) is 10.0. The summed E-state index contributed by atoms with van der Waals surface area (Å²) in [6, 6.07) is 8.63. The molecule has 0 fully saturated rings. The average molecular weight is 262 g/mol. The lowest BCUT2D eigenvalue weighted by molar-refractivity contribution is 0.259. The number of benzene rings is 1. The number of urea groups is 1. The molecule has 0 aliphatic rings. The molecule has 6 heteroatoms. The molecule has 0 bridgehead atoms. The van der Waals surface area contributed by atoms with Crippen molar-refractivity contribution in [2.45, 2.75) is 6.54 Å². The lowest BCUT2D eigenvalue weighted by Crippen LogP contribution is -2.19. The van der Waals surface area contributed by atoms with Crippen molar-refractivity contribution in [3.63, 3.8) is 0 Å². The molecule has 2 amide bonds. The molecule has 0 aliphatic carbocycles. The minimum absolute atomic E-state index is 0.568. The summed E-state index contributed by atoms with van der Waals surface area (Å²) in [4.78, 5) is 11.8. The summed E-state index contributed by atoms with van der Waals surface area (Å²) in [6.07, 6.45) is 0. The highest BCUT2D eigenvalue weighted by atomic mass is 32.1. The summed E-state index contributed by atoms with van der Waals surface area (Å²) in [7, 11) is 0. The molecule has 0 saturated carbocycles. The largest absolute Gasteiger partial charge is 0.398 e. The number of carbonyl (C=O) groups excluding carboxylic acids is 1. The molecule has 0 spiro atoms. The van der Waals surface area contributed by atoms with Crippen LogP contribution in [0.25, 0.3) is 0 Å². The van der Waals surface area contributed by atoms with E-state index in [0.29, 0.717) is 12.2 Å². The van der Waals surface area contributed by atoms with E-state index < -0.39 is 6.03 Å². The quantitative estimate of drug-likeness (QED) is 0.681. The van der Waals surface area contributed by atoms with Gasteiger partial charge in [-0.25, -0.2) is 4.79 Å². The second kappa shape index (κ2) is 5.42. The van der Waals surface area contributed by atoms with E-state index in [1.165, 1.54) is 0 Å². The Bertz CT molecular complexity index is 535. The zero-order chi connectivity index (χ0) is 13.0. The number of thiophene rings is 1. The van der Waals surface area contributed by atoms with E-state index in [2.05, 4.69) is 10.6 Å². The molecule has 0 aliphatic heterocycles. The van der Waals surface area contributed by atoms with E-state index in [4.69, 9.17) is 11.5 Å². The first-order valence-corrected chi connectivity index (χ1v) is 6.25. The summed E-state index contributed by atoms with van der Waals surface area (Å²) >= 11 is 1.62. The van der Waals surface area contributed by atoms with Crippen LogP contribution < -0.4 is 22.1 Å². The fourth-order valence-electron chi connectivity index (χ4n) is 1.49. The molecule has 1 aromatic carbocycles. The van der Waals surface area contributed by atoms with Crippen LogP contribution in [-0.2, 0) is 6.54 Å². The topological polar surface area (TPSA) is 93.2 Å². The minimum atomic E-state index is -0.568. The lowest BCUT2D eigenvalue weighted by Gasteiger charge is -2.07. The van der Waals surface area contributed by atoms with Crippen LogP contribution in [0, 0.1) is 0 Å². The fourth-order valence-corrected chi connectivity index (χ4v) is 2.23. The standard InChI is InChI=1S/C12H14N4OS/c13-10-5-6-18-11(10)7-15-8-1-3-9(4-2-8)16-12(14)17/h1-6,15H,7,13H2,(H3,14,16,17). The molecule has 94 valence electrons. The fraction of sp³-hybridized carbons (Fsp3) is 0.0833. The van der Waals surface area contributed by atoms with Gasteiger partial charge in [-0.05, 0) is 35.7 Å². The molecule has 1 heterocycles. The molecular weight excluding hydrogens is 248 g/mol. The van der Waals surface area contributed by atoms with Gasteiger partial charge in [0.2, 0.25) is 0 Å². The van der Waals surface area contributed by atoms with Gasteiger partial charge in [0.25, 0.3) is 0 Å². The van der Waals surface area contributed by atoms with Crippen LogP contribution in [0.3, 0.4) is 0 Å². The third-order valence-electron chi connectivity index (χ3n) is 2.39. The molecule has 0 unspecified atom stereocenters. The van der Waals surface area contributed by atoms with Gasteiger partial charge in [-0.3, -0.25) is 0 Å². The van der Waals surface area contributed by atoms with Gasteiger partial charge in [0.15, 0.2) is 0 Å². The number of nitrogens with two attached hydrogens (primary N) is 2. The van der Waals surface area contributed by atoms with Gasteiger partial charge < -0.3 is 22.1 Å². The summed E-state index contributed by atoms with van der Waals surface area (Å²) in [5.41, 5.74) is 13.2. The van der Waals surface area contributed by atoms with Crippen LogP contribution in [-0.4, -0.2) is 6.03 Å². The molecule has 0 saturated heterocycles. The molecule has 0 radical (unpaired) electrons. The van der Waals surface area contributed by atoms with Gasteiger partial charge in [0.05, 0.1) is 6.54 Å². The number of hydrogen-bond donors (Lipinski definition) is 4. The molecular formula is C12H14N4OS. The van der Waals surface area contributed by atoms with Crippen LogP contribution in [0.1, 0.15) is 4.88 Å². The molecule has 5 nitrogen and oxygen atoms in total. The maximum Gasteiger partial charge on any atom is 0.316 e. The summed E-state index contributed by atoms with van der Waals surface area (Å²) in [6.45, 7) is 0.687. The molecule has 2 aromatic rings. The van der Waals surface area contributed by atoms with E-state index in [0.717, 1.165) is 16.3 Å². The minimum Gasteiger partial charge on any atom is -0.398 e. The van der Waals surface area contributed by atoms with Crippen LogP contribution in [0.5, 0.6) is 0 Å². The first kappa shape index (κ1) is 12.3. The number of nitrogens with one attached hydrogen (secondary N) is 2. The van der Waals surface area contributed by atoms with E-state index in [1.807, 2.05) is 23.6 Å². The van der Waals surface area contributed by atoms with Crippen molar-refractivity contribution < 1.29 is 4.79 Å². The van der Waals surface area contributed by atoms with Crippen LogP contribution >= 0.6 is 11.3 Å². The highest BCUT2D eigenvalue weighted by Crippen LogP contribution is 2.21. The number of amides is 2. The first-order valence-electron chi connectivity index (χ1n) is 5.37. The third-order valence-corrected chi connectivity index (χ3v) is 3.32. The third kappa shape index (κ3) is 3.14. The van der Waals surface area contributed by atoms with Gasteiger partial charge in [-0.2, -0.15) is 0 Å². The van der Waals surface area contributed by atoms with Gasteiger partial charge in [-0.15, -0.1) is 11.3 Å². The number of rotatable bonds is 4. The Balaban J connectivity index is 1.94. The van der Waals surface area contributed by atoms with Gasteiger partial charge in [0.1, 0.15) is 0 Å². The zero-order valence-electron chi connectivity index (χ0n) is 9.64. The zero-order valence-corrected chi connectivity index (χ0v) is 10.5. The Morgan fingerprint density at radius 2 is 1.83 bits per heavy atom. The first-order chi connectivity index (χ1) is 8.65. The summed E-state index contributed by atoms with van der Waals surface area (Å²) in [5, 5.41) is 7.72. The van der Waals surface area contributed by atoms with Gasteiger partial charge in [0, 0.05) is 21.9 Å². The Kier molecular flexibility index (Phi) is 3.69.